The molecule has 1 aliphatic heterocycles. The van der Waals surface area contributed by atoms with E-state index >= 15 is 0 Å². The lowest BCUT2D eigenvalue weighted by Crippen LogP contribution is -2.61. The lowest BCUT2D eigenvalue weighted by Gasteiger charge is -2.41. The number of benzene rings is 3. The molecule has 1 saturated heterocycles. The molecule has 32 heavy (non-hydrogen) atoms. The summed E-state index contributed by atoms with van der Waals surface area (Å²) >= 11 is 0. The first-order chi connectivity index (χ1) is 15.5. The Bertz CT molecular complexity index is 1100. The molecule has 5 heteroatoms. The second-order valence-electron chi connectivity index (χ2n) is 8.26. The molecule has 0 aromatic heterocycles. The number of rotatable bonds is 5. The summed E-state index contributed by atoms with van der Waals surface area (Å²) in [5.74, 6) is -0.306. The van der Waals surface area contributed by atoms with E-state index in [1.165, 1.54) is 5.56 Å². The van der Waals surface area contributed by atoms with Crippen molar-refractivity contribution in [1.29, 1.82) is 0 Å². The van der Waals surface area contributed by atoms with Crippen LogP contribution in [0.3, 0.4) is 0 Å². The van der Waals surface area contributed by atoms with E-state index < -0.39 is 5.60 Å². The zero-order valence-corrected chi connectivity index (χ0v) is 18.5. The number of ether oxygens (including phenoxy) is 1. The van der Waals surface area contributed by atoms with E-state index in [9.17, 15) is 9.59 Å². The van der Waals surface area contributed by atoms with Gasteiger partial charge in [0.25, 0.3) is 11.8 Å². The van der Waals surface area contributed by atoms with Crippen molar-refractivity contribution in [2.24, 2.45) is 0 Å². The minimum Gasteiger partial charge on any atom is -0.361 e. The normalized spacial score (nSPS) is 18.2. The van der Waals surface area contributed by atoms with Gasteiger partial charge in [-0.25, -0.2) is 0 Å². The van der Waals surface area contributed by atoms with Crippen LogP contribution < -0.4 is 5.32 Å². The molecule has 1 heterocycles. The maximum absolute atomic E-state index is 13.1. The largest absolute Gasteiger partial charge is 0.361 e. The molecule has 0 aliphatic carbocycles. The van der Waals surface area contributed by atoms with Crippen molar-refractivity contribution in [2.45, 2.75) is 18.9 Å². The standard InChI is InChI=1S/C27H28N2O3/c1-20-11-13-22(14-12-20)24-10-6-7-21(17-24)18-27(26(31)28-2)19-29(15-16-32-27)25(30)23-8-4-3-5-9-23/h3-14,17H,15-16,18-19H2,1-2H3,(H,28,31)/t27-/m0/s1. The predicted molar refractivity (Wildman–Crippen MR) is 125 cm³/mol. The molecular weight excluding hydrogens is 400 g/mol. The van der Waals surface area contributed by atoms with E-state index in [4.69, 9.17) is 4.74 Å². The fraction of sp³-hybridized carbons (Fsp3) is 0.259. The maximum Gasteiger partial charge on any atom is 0.254 e. The fourth-order valence-electron chi connectivity index (χ4n) is 4.21. The predicted octanol–water partition coefficient (Wildman–Crippen LogP) is 3.86. The van der Waals surface area contributed by atoms with Crippen LogP contribution in [0.25, 0.3) is 11.1 Å². The van der Waals surface area contributed by atoms with Gasteiger partial charge in [0.1, 0.15) is 0 Å². The van der Waals surface area contributed by atoms with E-state index in [0.717, 1.165) is 16.7 Å². The van der Waals surface area contributed by atoms with Gasteiger partial charge in [0.05, 0.1) is 13.2 Å². The third-order valence-electron chi connectivity index (χ3n) is 5.94. The molecule has 2 amide bonds. The lowest BCUT2D eigenvalue weighted by atomic mass is 9.89. The van der Waals surface area contributed by atoms with Gasteiger partial charge in [0, 0.05) is 25.6 Å². The van der Waals surface area contributed by atoms with E-state index in [1.807, 2.05) is 30.3 Å². The first-order valence-corrected chi connectivity index (χ1v) is 10.9. The van der Waals surface area contributed by atoms with Gasteiger partial charge in [-0.3, -0.25) is 9.59 Å². The number of likely N-dealkylation sites (N-methyl/N-ethyl adjacent to an activating group) is 1. The molecule has 1 aliphatic rings. The van der Waals surface area contributed by atoms with Gasteiger partial charge in [-0.15, -0.1) is 0 Å². The van der Waals surface area contributed by atoms with Crippen molar-refractivity contribution in [1.82, 2.24) is 10.2 Å². The van der Waals surface area contributed by atoms with E-state index in [-0.39, 0.29) is 18.4 Å². The summed E-state index contributed by atoms with van der Waals surface area (Å²) in [6.45, 7) is 3.03. The van der Waals surface area contributed by atoms with Crippen molar-refractivity contribution < 1.29 is 14.3 Å². The Morgan fingerprint density at radius 1 is 0.969 bits per heavy atom. The maximum atomic E-state index is 13.1. The summed E-state index contributed by atoms with van der Waals surface area (Å²) in [6.07, 6.45) is 0.380. The van der Waals surface area contributed by atoms with Crippen LogP contribution in [0.4, 0.5) is 0 Å². The minimum absolute atomic E-state index is 0.0874. The average Bonchev–Trinajstić information content (AvgIpc) is 2.84. The number of nitrogens with one attached hydrogen (secondary N) is 1. The summed E-state index contributed by atoms with van der Waals surface area (Å²) in [5.41, 5.74) is 3.88. The van der Waals surface area contributed by atoms with Crippen LogP contribution in [0.1, 0.15) is 21.5 Å². The highest BCUT2D eigenvalue weighted by Crippen LogP contribution is 2.28. The molecule has 0 unspecified atom stereocenters. The molecule has 1 fully saturated rings. The quantitative estimate of drug-likeness (QED) is 0.671. The molecular formula is C27H28N2O3. The van der Waals surface area contributed by atoms with Crippen molar-refractivity contribution in [3.8, 4) is 11.1 Å². The van der Waals surface area contributed by atoms with E-state index in [2.05, 4.69) is 48.6 Å². The first-order valence-electron chi connectivity index (χ1n) is 10.9. The molecule has 0 bridgehead atoms. The first kappa shape index (κ1) is 21.8. The van der Waals surface area contributed by atoms with Gasteiger partial charge in [0.2, 0.25) is 0 Å². The van der Waals surface area contributed by atoms with Gasteiger partial charge >= 0.3 is 0 Å². The van der Waals surface area contributed by atoms with Crippen molar-refractivity contribution >= 4 is 11.8 Å². The zero-order chi connectivity index (χ0) is 22.6. The van der Waals surface area contributed by atoms with E-state index in [0.29, 0.717) is 25.1 Å². The summed E-state index contributed by atoms with van der Waals surface area (Å²) in [5, 5.41) is 2.75. The third kappa shape index (κ3) is 4.58. The Morgan fingerprint density at radius 3 is 2.44 bits per heavy atom. The Hall–Kier alpha value is -3.44. The average molecular weight is 429 g/mol. The number of morpholine rings is 1. The number of hydrogen-bond acceptors (Lipinski definition) is 3. The molecule has 0 radical (unpaired) electrons. The minimum atomic E-state index is -1.14. The van der Waals surface area contributed by atoms with Crippen molar-refractivity contribution in [3.05, 3.63) is 95.6 Å². The van der Waals surface area contributed by atoms with Gasteiger partial charge in [-0.2, -0.15) is 0 Å². The zero-order valence-electron chi connectivity index (χ0n) is 18.5. The van der Waals surface area contributed by atoms with Crippen molar-refractivity contribution in [3.63, 3.8) is 0 Å². The summed E-state index contributed by atoms with van der Waals surface area (Å²) in [7, 11) is 1.61. The molecule has 1 atom stereocenters. The monoisotopic (exact) mass is 428 g/mol. The van der Waals surface area contributed by atoms with Crippen LogP contribution in [0.15, 0.2) is 78.9 Å². The van der Waals surface area contributed by atoms with Crippen molar-refractivity contribution in [2.75, 3.05) is 26.7 Å². The third-order valence-corrected chi connectivity index (χ3v) is 5.94. The van der Waals surface area contributed by atoms with Crippen LogP contribution in [0.5, 0.6) is 0 Å². The van der Waals surface area contributed by atoms with Gasteiger partial charge in [0.15, 0.2) is 5.60 Å². The Labute approximate surface area is 189 Å². The molecule has 4 rings (SSSR count). The SMILES string of the molecule is CNC(=O)[C@]1(Cc2cccc(-c3ccc(C)cc3)c2)CN(C(=O)c2ccccc2)CCO1. The number of hydrogen-bond donors (Lipinski definition) is 1. The molecule has 0 saturated carbocycles. The topological polar surface area (TPSA) is 58.6 Å². The number of carbonyl (C=O) groups excluding carboxylic acids is 2. The number of amides is 2. The second kappa shape index (κ2) is 9.37. The highest BCUT2D eigenvalue weighted by atomic mass is 16.5. The Kier molecular flexibility index (Phi) is 6.37. The van der Waals surface area contributed by atoms with Gasteiger partial charge in [-0.05, 0) is 35.7 Å². The molecule has 3 aromatic rings. The number of nitrogens with zero attached hydrogens (tertiary/aromatic N) is 1. The van der Waals surface area contributed by atoms with Gasteiger partial charge in [-0.1, -0.05) is 72.3 Å². The molecule has 5 nitrogen and oxygen atoms in total. The lowest BCUT2D eigenvalue weighted by molar-refractivity contribution is -0.156. The number of aryl methyl sites for hydroxylation is 1. The molecule has 164 valence electrons. The highest BCUT2D eigenvalue weighted by Gasteiger charge is 2.44. The summed E-state index contributed by atoms with van der Waals surface area (Å²) in [4.78, 5) is 27.8. The van der Waals surface area contributed by atoms with Gasteiger partial charge < -0.3 is 15.0 Å². The molecule has 3 aromatic carbocycles. The summed E-state index contributed by atoms with van der Waals surface area (Å²) in [6, 6.07) is 25.7. The second-order valence-corrected chi connectivity index (χ2v) is 8.26. The smallest absolute Gasteiger partial charge is 0.254 e. The number of carbonyl (C=O) groups is 2. The van der Waals surface area contributed by atoms with Crippen LogP contribution in [-0.4, -0.2) is 49.1 Å². The van der Waals surface area contributed by atoms with Crippen LogP contribution in [-0.2, 0) is 16.0 Å². The van der Waals surface area contributed by atoms with Crippen LogP contribution >= 0.6 is 0 Å². The van der Waals surface area contributed by atoms with E-state index in [1.54, 1.807) is 24.1 Å². The summed E-state index contributed by atoms with van der Waals surface area (Å²) < 4.78 is 6.09. The Balaban J connectivity index is 1.61. The Morgan fingerprint density at radius 2 is 1.72 bits per heavy atom. The van der Waals surface area contributed by atoms with Crippen LogP contribution in [0.2, 0.25) is 0 Å². The molecule has 0 spiro atoms. The van der Waals surface area contributed by atoms with Crippen LogP contribution in [0, 0.1) is 6.92 Å². The fourth-order valence-corrected chi connectivity index (χ4v) is 4.21. The highest BCUT2D eigenvalue weighted by molar-refractivity contribution is 5.95. The molecule has 1 N–H and O–H groups in total.